The second-order valence-electron chi connectivity index (χ2n) is 7.23. The molecule has 5 rings (SSSR count). The molecule has 0 amide bonds. The summed E-state index contributed by atoms with van der Waals surface area (Å²) in [5, 5.41) is 17.9. The molecule has 0 saturated carbocycles. The largest absolute Gasteiger partial charge is 0.507 e. The molecule has 2 atom stereocenters. The van der Waals surface area contributed by atoms with Crippen molar-refractivity contribution in [3.8, 4) is 17.2 Å². The number of phenols is 1. The zero-order chi connectivity index (χ0) is 20.8. The fraction of sp³-hybridized carbons (Fsp3) is 0.174. The van der Waals surface area contributed by atoms with Crippen LogP contribution in [0.4, 0.5) is 0 Å². The van der Waals surface area contributed by atoms with E-state index in [0.29, 0.717) is 10.6 Å². The van der Waals surface area contributed by atoms with Crippen LogP contribution in [-0.2, 0) is 0 Å². The quantitative estimate of drug-likeness (QED) is 0.490. The molecule has 3 aromatic rings. The zero-order valence-electron chi connectivity index (χ0n) is 16.0. The molecule has 0 fully saturated rings. The van der Waals surface area contributed by atoms with E-state index in [4.69, 9.17) is 26.2 Å². The Kier molecular flexibility index (Phi) is 4.83. The predicted molar refractivity (Wildman–Crippen MR) is 119 cm³/mol. The first kappa shape index (κ1) is 19.3. The standard InChI is InChI=1S/C23H18BrClN2O3/c1-29-16-6-2-13(3-7-16)19-12-20-17-10-14(24)4-9-22(17)30-23(27(20)26-19)18-11-15(25)5-8-21(18)28/h2-11,20,23,28H,12H2,1H3/t20-,23-/m1/s1. The fourth-order valence-corrected chi connectivity index (χ4v) is 4.50. The van der Waals surface area contributed by atoms with Gasteiger partial charge in [0.1, 0.15) is 17.2 Å². The number of benzene rings is 3. The lowest BCUT2D eigenvalue weighted by molar-refractivity contribution is -0.0203. The van der Waals surface area contributed by atoms with Gasteiger partial charge in [-0.1, -0.05) is 27.5 Å². The average molecular weight is 486 g/mol. The SMILES string of the molecule is COc1ccc(C2=NN3[C@H](C2)c2cc(Br)ccc2O[C@@H]3c2cc(Cl)ccc2O)cc1. The number of rotatable bonds is 3. The van der Waals surface area contributed by atoms with Gasteiger partial charge < -0.3 is 14.6 Å². The first-order valence-electron chi connectivity index (χ1n) is 9.48. The fourth-order valence-electron chi connectivity index (χ4n) is 3.94. The highest BCUT2D eigenvalue weighted by Gasteiger charge is 2.42. The van der Waals surface area contributed by atoms with Crippen LogP contribution in [-0.4, -0.2) is 22.9 Å². The van der Waals surface area contributed by atoms with Gasteiger partial charge in [-0.25, -0.2) is 5.01 Å². The van der Waals surface area contributed by atoms with Crippen LogP contribution in [0.3, 0.4) is 0 Å². The number of ether oxygens (including phenoxy) is 2. The third-order valence-corrected chi connectivity index (χ3v) is 6.16. The van der Waals surface area contributed by atoms with Gasteiger partial charge in [0.15, 0.2) is 0 Å². The van der Waals surface area contributed by atoms with E-state index in [0.717, 1.165) is 39.2 Å². The van der Waals surface area contributed by atoms with Crippen LogP contribution < -0.4 is 9.47 Å². The molecular formula is C23H18BrClN2O3. The summed E-state index contributed by atoms with van der Waals surface area (Å²) >= 11 is 9.78. The number of halogens is 2. The van der Waals surface area contributed by atoms with Gasteiger partial charge in [-0.2, -0.15) is 5.10 Å². The molecular weight excluding hydrogens is 468 g/mol. The Balaban J connectivity index is 1.61. The van der Waals surface area contributed by atoms with E-state index in [-0.39, 0.29) is 11.8 Å². The van der Waals surface area contributed by atoms with E-state index in [1.165, 1.54) is 0 Å². The number of methoxy groups -OCH3 is 1. The Hall–Kier alpha value is -2.70. The Bertz CT molecular complexity index is 1150. The number of hydrogen-bond donors (Lipinski definition) is 1. The maximum absolute atomic E-state index is 10.5. The maximum Gasteiger partial charge on any atom is 0.217 e. The van der Waals surface area contributed by atoms with E-state index < -0.39 is 6.23 Å². The van der Waals surface area contributed by atoms with E-state index in [2.05, 4.69) is 22.0 Å². The zero-order valence-corrected chi connectivity index (χ0v) is 18.4. The lowest BCUT2D eigenvalue weighted by Gasteiger charge is -2.38. The van der Waals surface area contributed by atoms with Gasteiger partial charge in [-0.3, -0.25) is 0 Å². The highest BCUT2D eigenvalue weighted by Crippen LogP contribution is 2.49. The van der Waals surface area contributed by atoms with Crippen LogP contribution in [0.2, 0.25) is 5.02 Å². The minimum Gasteiger partial charge on any atom is -0.507 e. The first-order chi connectivity index (χ1) is 14.5. The predicted octanol–water partition coefficient (Wildman–Crippen LogP) is 6.06. The van der Waals surface area contributed by atoms with Gasteiger partial charge in [0.2, 0.25) is 6.23 Å². The Morgan fingerprint density at radius 3 is 2.67 bits per heavy atom. The molecule has 0 aromatic heterocycles. The van der Waals surface area contributed by atoms with Gasteiger partial charge in [-0.15, -0.1) is 0 Å². The van der Waals surface area contributed by atoms with Crippen molar-refractivity contribution in [3.05, 3.63) is 86.8 Å². The minimum atomic E-state index is -0.585. The molecule has 30 heavy (non-hydrogen) atoms. The number of nitrogens with zero attached hydrogens (tertiary/aromatic N) is 2. The summed E-state index contributed by atoms with van der Waals surface area (Å²) in [7, 11) is 1.65. The Labute approximate surface area is 187 Å². The normalized spacial score (nSPS) is 19.6. The molecule has 0 bridgehead atoms. The van der Waals surface area contributed by atoms with Crippen LogP contribution in [0, 0.1) is 0 Å². The van der Waals surface area contributed by atoms with Crippen molar-refractivity contribution in [1.29, 1.82) is 0 Å². The van der Waals surface area contributed by atoms with Crippen LogP contribution in [0.15, 0.2) is 70.2 Å². The van der Waals surface area contributed by atoms with E-state index >= 15 is 0 Å². The summed E-state index contributed by atoms with van der Waals surface area (Å²) < 4.78 is 12.6. The number of hydrogen-bond acceptors (Lipinski definition) is 5. The number of hydrazone groups is 1. The van der Waals surface area contributed by atoms with Crippen LogP contribution in [0.1, 0.15) is 35.4 Å². The lowest BCUT2D eigenvalue weighted by Crippen LogP contribution is -2.33. The summed E-state index contributed by atoms with van der Waals surface area (Å²) in [5.74, 6) is 1.70. The molecule has 2 aliphatic heterocycles. The van der Waals surface area contributed by atoms with Crippen molar-refractivity contribution >= 4 is 33.2 Å². The molecule has 0 saturated heterocycles. The van der Waals surface area contributed by atoms with Gasteiger partial charge in [0.05, 0.1) is 24.4 Å². The van der Waals surface area contributed by atoms with Crippen molar-refractivity contribution < 1.29 is 14.6 Å². The summed E-state index contributed by atoms with van der Waals surface area (Å²) in [6, 6.07) is 18.8. The highest BCUT2D eigenvalue weighted by atomic mass is 79.9. The van der Waals surface area contributed by atoms with Gasteiger partial charge >= 0.3 is 0 Å². The molecule has 3 aromatic carbocycles. The second kappa shape index (κ2) is 7.52. The molecule has 0 spiro atoms. The molecule has 7 heteroatoms. The van der Waals surface area contributed by atoms with Gasteiger partial charge in [0.25, 0.3) is 0 Å². The van der Waals surface area contributed by atoms with Crippen LogP contribution >= 0.6 is 27.5 Å². The molecule has 5 nitrogen and oxygen atoms in total. The summed E-state index contributed by atoms with van der Waals surface area (Å²) in [4.78, 5) is 0. The molecule has 2 aliphatic rings. The van der Waals surface area contributed by atoms with Crippen molar-refractivity contribution in [1.82, 2.24) is 5.01 Å². The smallest absolute Gasteiger partial charge is 0.217 e. The Morgan fingerprint density at radius 1 is 1.10 bits per heavy atom. The molecule has 1 N–H and O–H groups in total. The maximum atomic E-state index is 10.5. The third-order valence-electron chi connectivity index (χ3n) is 5.43. The van der Waals surface area contributed by atoms with Crippen LogP contribution in [0.5, 0.6) is 17.2 Å². The highest BCUT2D eigenvalue weighted by molar-refractivity contribution is 9.10. The Morgan fingerprint density at radius 2 is 1.90 bits per heavy atom. The van der Waals surface area contributed by atoms with Crippen LogP contribution in [0.25, 0.3) is 0 Å². The number of phenolic OH excluding ortho intramolecular Hbond substituents is 1. The van der Waals surface area contributed by atoms with E-state index in [1.807, 2.05) is 41.4 Å². The van der Waals surface area contributed by atoms with E-state index in [9.17, 15) is 5.11 Å². The van der Waals surface area contributed by atoms with Crippen molar-refractivity contribution in [2.24, 2.45) is 5.10 Å². The van der Waals surface area contributed by atoms with Gasteiger partial charge in [-0.05, 0) is 66.2 Å². The number of fused-ring (bicyclic) bond motifs is 3. The average Bonchev–Trinajstić information content (AvgIpc) is 3.21. The molecule has 0 aliphatic carbocycles. The summed E-state index contributed by atoms with van der Waals surface area (Å²) in [6.07, 6.45) is 0.134. The van der Waals surface area contributed by atoms with E-state index in [1.54, 1.807) is 25.3 Å². The molecule has 0 unspecified atom stereocenters. The first-order valence-corrected chi connectivity index (χ1v) is 10.7. The number of aromatic hydroxyl groups is 1. The molecule has 0 radical (unpaired) electrons. The third kappa shape index (κ3) is 3.30. The monoisotopic (exact) mass is 484 g/mol. The minimum absolute atomic E-state index is 0.0215. The van der Waals surface area contributed by atoms with Crippen molar-refractivity contribution in [2.45, 2.75) is 18.7 Å². The second-order valence-corrected chi connectivity index (χ2v) is 8.58. The molecule has 152 valence electrons. The summed E-state index contributed by atoms with van der Waals surface area (Å²) in [5.41, 5.74) is 3.61. The molecule has 2 heterocycles. The summed E-state index contributed by atoms with van der Waals surface area (Å²) in [6.45, 7) is 0. The van der Waals surface area contributed by atoms with Gasteiger partial charge in [0, 0.05) is 21.5 Å². The van der Waals surface area contributed by atoms with Crippen molar-refractivity contribution in [2.75, 3.05) is 7.11 Å². The lowest BCUT2D eigenvalue weighted by atomic mass is 9.96. The van der Waals surface area contributed by atoms with Crippen molar-refractivity contribution in [3.63, 3.8) is 0 Å². The topological polar surface area (TPSA) is 54.3 Å².